The van der Waals surface area contributed by atoms with Crippen LogP contribution in [0.3, 0.4) is 0 Å². The quantitative estimate of drug-likeness (QED) is 0.168. The number of carbonyl (C=O) groups excluding carboxylic acids is 1. The first-order valence-electron chi connectivity index (χ1n) is 16.0. The number of aromatic carboxylic acids is 1. The van der Waals surface area contributed by atoms with Crippen LogP contribution in [0.15, 0.2) is 170 Å². The Kier molecular flexibility index (Phi) is 11.4. The normalized spacial score (nSPS) is 10.3. The van der Waals surface area contributed by atoms with Gasteiger partial charge in [-0.25, -0.2) is 0 Å². The van der Waals surface area contributed by atoms with Gasteiger partial charge >= 0.3 is 20.1 Å². The van der Waals surface area contributed by atoms with Crippen molar-refractivity contribution in [3.05, 3.63) is 188 Å². The Morgan fingerprint density at radius 3 is 1.19 bits per heavy atom. The molecule has 0 fully saturated rings. The van der Waals surface area contributed by atoms with Gasteiger partial charge in [-0.3, -0.25) is 4.98 Å². The molecule has 0 saturated heterocycles. The molecule has 0 aliphatic rings. The molecule has 10 heteroatoms. The first kappa shape index (κ1) is 35.2. The number of aromatic nitrogens is 7. The Morgan fingerprint density at radius 2 is 0.846 bits per heavy atom. The van der Waals surface area contributed by atoms with Gasteiger partial charge in [0.25, 0.3) is 0 Å². The van der Waals surface area contributed by atoms with Crippen molar-refractivity contribution < 1.29 is 30.0 Å². The first-order valence-corrected chi connectivity index (χ1v) is 16.0. The molecule has 0 saturated carbocycles. The minimum atomic E-state index is -1.24. The maximum Gasteiger partial charge on any atom is 3.00 e. The molecule has 52 heavy (non-hydrogen) atoms. The molecule has 0 radical (unpaired) electrons. The van der Waals surface area contributed by atoms with Gasteiger partial charge in [0.1, 0.15) is 22.1 Å². The van der Waals surface area contributed by atoms with E-state index < -0.39 is 5.97 Å². The fraction of sp³-hybridized carbons (Fsp3) is 0. The molecule has 0 bridgehead atoms. The van der Waals surface area contributed by atoms with Gasteiger partial charge in [-0.05, 0) is 36.4 Å². The van der Waals surface area contributed by atoms with Crippen LogP contribution in [-0.2, 0) is 20.1 Å². The molecular formula is C42H28IrN7O2. The Labute approximate surface area is 313 Å². The van der Waals surface area contributed by atoms with Gasteiger partial charge < -0.3 is 9.90 Å². The van der Waals surface area contributed by atoms with E-state index in [2.05, 4.69) is 61.8 Å². The average molecular weight is 855 g/mol. The van der Waals surface area contributed by atoms with Crippen LogP contribution in [0, 0.1) is 12.1 Å². The number of carboxylic acids is 1. The second-order valence-electron chi connectivity index (χ2n) is 11.1. The van der Waals surface area contributed by atoms with E-state index in [1.54, 1.807) is 21.7 Å². The van der Waals surface area contributed by atoms with Crippen molar-refractivity contribution in [3.63, 3.8) is 0 Å². The fourth-order valence-corrected chi connectivity index (χ4v) is 5.14. The molecule has 9 aromatic rings. The Bertz CT molecular complexity index is 2300. The summed E-state index contributed by atoms with van der Waals surface area (Å²) in [6.07, 6.45) is 1.41. The molecule has 3 aromatic heterocycles. The molecule has 9 rings (SSSR count). The van der Waals surface area contributed by atoms with Gasteiger partial charge in [0.15, 0.2) is 0 Å². The number of hydrogen-bond donors (Lipinski definition) is 0. The van der Waals surface area contributed by atoms with Crippen molar-refractivity contribution in [3.8, 4) is 33.6 Å². The van der Waals surface area contributed by atoms with E-state index in [1.807, 2.05) is 121 Å². The van der Waals surface area contributed by atoms with Crippen molar-refractivity contribution in [2.24, 2.45) is 0 Å². The molecule has 0 N–H and O–H groups in total. The summed E-state index contributed by atoms with van der Waals surface area (Å²) in [6.45, 7) is 0. The van der Waals surface area contributed by atoms with Crippen molar-refractivity contribution in [1.82, 2.24) is 35.0 Å². The average Bonchev–Trinajstić information content (AvgIpc) is 3.85. The van der Waals surface area contributed by atoms with Crippen LogP contribution >= 0.6 is 0 Å². The van der Waals surface area contributed by atoms with E-state index in [1.165, 1.54) is 12.3 Å². The number of rotatable bonds is 5. The smallest absolute Gasteiger partial charge is 0.543 e. The summed E-state index contributed by atoms with van der Waals surface area (Å²) in [6, 6.07) is 59.5. The molecule has 0 unspecified atom stereocenters. The zero-order chi connectivity index (χ0) is 34.8. The summed E-state index contributed by atoms with van der Waals surface area (Å²) >= 11 is 0. The number of carbonyl (C=O) groups is 1. The van der Waals surface area contributed by atoms with E-state index >= 15 is 0 Å². The van der Waals surface area contributed by atoms with Crippen molar-refractivity contribution in [2.45, 2.75) is 0 Å². The second kappa shape index (κ2) is 16.9. The molecule has 0 aliphatic carbocycles. The van der Waals surface area contributed by atoms with Gasteiger partial charge in [0, 0.05) is 17.6 Å². The topological polar surface area (TPSA) is 114 Å². The van der Waals surface area contributed by atoms with Crippen LogP contribution < -0.4 is 5.11 Å². The summed E-state index contributed by atoms with van der Waals surface area (Å²) in [5.74, 6) is -1.24. The van der Waals surface area contributed by atoms with Crippen LogP contribution in [0.2, 0.25) is 0 Å². The van der Waals surface area contributed by atoms with E-state index in [9.17, 15) is 9.90 Å². The molecular weight excluding hydrogens is 827 g/mol. The summed E-state index contributed by atoms with van der Waals surface area (Å²) in [5, 5.41) is 28.0. The van der Waals surface area contributed by atoms with Crippen LogP contribution in [-0.4, -0.2) is 40.9 Å². The number of fused-ring (bicyclic) bond motifs is 2. The molecule has 0 amide bonds. The largest absolute Gasteiger partial charge is 3.00 e. The third-order valence-electron chi connectivity index (χ3n) is 7.61. The Morgan fingerprint density at radius 1 is 0.462 bits per heavy atom. The van der Waals surface area contributed by atoms with E-state index in [0.717, 1.165) is 55.7 Å². The number of carboxylic acid groups (broad SMARTS) is 1. The van der Waals surface area contributed by atoms with Crippen molar-refractivity contribution in [2.75, 3.05) is 0 Å². The fourth-order valence-electron chi connectivity index (χ4n) is 5.14. The predicted molar refractivity (Wildman–Crippen MR) is 195 cm³/mol. The van der Waals surface area contributed by atoms with Crippen molar-refractivity contribution >= 4 is 28.0 Å². The van der Waals surface area contributed by atoms with Crippen LogP contribution in [0.1, 0.15) is 10.5 Å². The molecule has 0 spiro atoms. The monoisotopic (exact) mass is 855 g/mol. The first-order chi connectivity index (χ1) is 25.1. The summed E-state index contributed by atoms with van der Waals surface area (Å²) < 4.78 is 0. The van der Waals surface area contributed by atoms with Crippen LogP contribution in [0.5, 0.6) is 0 Å². The molecule has 252 valence electrons. The Balaban J connectivity index is 0.000000143. The Hall–Kier alpha value is -6.61. The summed E-state index contributed by atoms with van der Waals surface area (Å²) in [5.41, 5.74) is 9.53. The number of pyridine rings is 1. The standard InChI is InChI=1S/2C18H12N3.C6H5NO2.Ir/c2*1-2-7-14(8-3-1)15-9-6-10-16(13-15)21-19-17-11-4-5-12-18(17)20-21;8-6(9)5-3-1-2-4-7-5;/h2*1-12H;1-4H,(H,8,9);/q2*-1;;+3/p-1. The summed E-state index contributed by atoms with van der Waals surface area (Å²) in [7, 11) is 0. The third kappa shape index (κ3) is 8.57. The second-order valence-corrected chi connectivity index (χ2v) is 11.1. The zero-order valence-corrected chi connectivity index (χ0v) is 29.8. The van der Waals surface area contributed by atoms with E-state index in [-0.39, 0.29) is 25.8 Å². The molecule has 0 aliphatic heterocycles. The van der Waals surface area contributed by atoms with Gasteiger partial charge in [-0.1, -0.05) is 102 Å². The number of benzene rings is 6. The molecule has 6 aromatic carbocycles. The molecule has 9 nitrogen and oxygen atoms in total. The minimum Gasteiger partial charge on any atom is -0.543 e. The number of hydrogen-bond acceptors (Lipinski definition) is 7. The van der Waals surface area contributed by atoms with Gasteiger partial charge in [0.2, 0.25) is 0 Å². The maximum absolute atomic E-state index is 10.0. The van der Waals surface area contributed by atoms with E-state index in [4.69, 9.17) is 0 Å². The number of nitrogens with zero attached hydrogens (tertiary/aromatic N) is 7. The zero-order valence-electron chi connectivity index (χ0n) is 27.4. The van der Waals surface area contributed by atoms with Gasteiger partial charge in [-0.15, -0.1) is 80.1 Å². The summed E-state index contributed by atoms with van der Waals surface area (Å²) in [4.78, 5) is 16.8. The SMILES string of the molecule is O=C([O-])c1ccccn1.[Ir+3].[c-]1c(-c2ccccc2)cccc1-n1nc2ccccc2n1.[c-]1c(-c2ccccc2)cccc1-n1nc2ccccc2n1. The van der Waals surface area contributed by atoms with Crippen LogP contribution in [0.4, 0.5) is 0 Å². The van der Waals surface area contributed by atoms with Gasteiger partial charge in [-0.2, -0.15) is 9.59 Å². The predicted octanol–water partition coefficient (Wildman–Crippen LogP) is 7.22. The molecule has 0 atom stereocenters. The maximum atomic E-state index is 10.0. The molecule has 3 heterocycles. The third-order valence-corrected chi connectivity index (χ3v) is 7.61. The van der Waals surface area contributed by atoms with Crippen molar-refractivity contribution in [1.29, 1.82) is 0 Å². The van der Waals surface area contributed by atoms with E-state index in [0.29, 0.717) is 0 Å². The minimum absolute atomic E-state index is 0. The van der Waals surface area contributed by atoms with Crippen LogP contribution in [0.25, 0.3) is 55.7 Å². The van der Waals surface area contributed by atoms with Gasteiger partial charge in [0.05, 0.1) is 11.7 Å².